The molecule has 0 saturated carbocycles. The molecule has 1 amide bonds. The van der Waals surface area contributed by atoms with E-state index >= 15 is 0 Å². The summed E-state index contributed by atoms with van der Waals surface area (Å²) in [4.78, 5) is 12.5. The van der Waals surface area contributed by atoms with Crippen LogP contribution in [0.25, 0.3) is 11.4 Å². The second-order valence-corrected chi connectivity index (χ2v) is 9.52. The third-order valence-corrected chi connectivity index (χ3v) is 6.97. The lowest BCUT2D eigenvalue weighted by Crippen LogP contribution is -2.17. The molecule has 1 aromatic heterocycles. The number of rotatable bonds is 6. The maximum Gasteiger partial charge on any atom is 0.225 e. The Kier molecular flexibility index (Phi) is 5.94. The Bertz CT molecular complexity index is 1120. The van der Waals surface area contributed by atoms with Crippen LogP contribution in [0, 0.1) is 0 Å². The number of nitrogens with one attached hydrogen (secondary N) is 1. The van der Waals surface area contributed by atoms with Crippen LogP contribution in [0.1, 0.15) is 31.5 Å². The summed E-state index contributed by atoms with van der Waals surface area (Å²) in [7, 11) is -3.47. The minimum Gasteiger partial charge on any atom is -0.326 e. The molecule has 1 aliphatic rings. The molecule has 2 heterocycles. The van der Waals surface area contributed by atoms with E-state index in [1.165, 1.54) is 18.6 Å². The van der Waals surface area contributed by atoms with Gasteiger partial charge in [-0.25, -0.2) is 8.42 Å². The first kappa shape index (κ1) is 20.3. The van der Waals surface area contributed by atoms with Crippen LogP contribution in [0.4, 0.5) is 5.69 Å². The molecule has 0 bridgehead atoms. The number of aryl methyl sites for hydroxylation is 1. The van der Waals surface area contributed by atoms with E-state index in [4.69, 9.17) is 0 Å². The van der Waals surface area contributed by atoms with Crippen LogP contribution in [0.5, 0.6) is 0 Å². The molecule has 7 nitrogen and oxygen atoms in total. The predicted molar refractivity (Wildman–Crippen MR) is 115 cm³/mol. The topological polar surface area (TPSA) is 93.9 Å². The van der Waals surface area contributed by atoms with E-state index in [0.29, 0.717) is 5.69 Å². The lowest BCUT2D eigenvalue weighted by Gasteiger charge is -2.09. The Labute approximate surface area is 176 Å². The van der Waals surface area contributed by atoms with Gasteiger partial charge in [-0.3, -0.25) is 4.79 Å². The van der Waals surface area contributed by atoms with Crippen LogP contribution in [0.3, 0.4) is 0 Å². The van der Waals surface area contributed by atoms with Crippen LogP contribution in [-0.4, -0.2) is 34.8 Å². The largest absolute Gasteiger partial charge is 0.326 e. The van der Waals surface area contributed by atoms with Gasteiger partial charge in [0.15, 0.2) is 15.7 Å². The zero-order valence-electron chi connectivity index (χ0n) is 16.6. The zero-order valence-corrected chi connectivity index (χ0v) is 17.4. The number of aromatic nitrogens is 3. The van der Waals surface area contributed by atoms with Gasteiger partial charge >= 0.3 is 0 Å². The summed E-state index contributed by atoms with van der Waals surface area (Å²) < 4.78 is 26.8. The van der Waals surface area contributed by atoms with Gasteiger partial charge in [0.05, 0.1) is 10.6 Å². The molecule has 30 heavy (non-hydrogen) atoms. The third kappa shape index (κ3) is 4.59. The van der Waals surface area contributed by atoms with Crippen molar-refractivity contribution in [2.45, 2.75) is 43.5 Å². The normalized spacial score (nSPS) is 14.0. The highest BCUT2D eigenvalue weighted by molar-refractivity contribution is 7.91. The third-order valence-electron chi connectivity index (χ3n) is 5.24. The predicted octanol–water partition coefficient (Wildman–Crippen LogP) is 3.47. The van der Waals surface area contributed by atoms with E-state index in [2.05, 4.69) is 20.1 Å². The molecule has 0 spiro atoms. The Morgan fingerprint density at radius 2 is 1.73 bits per heavy atom. The minimum absolute atomic E-state index is 0.101. The average molecular weight is 425 g/mol. The molecule has 156 valence electrons. The molecule has 0 saturated heterocycles. The summed E-state index contributed by atoms with van der Waals surface area (Å²) in [6.07, 6.45) is 4.32. The van der Waals surface area contributed by atoms with Gasteiger partial charge in [0.25, 0.3) is 0 Å². The van der Waals surface area contributed by atoms with Crippen molar-refractivity contribution in [3.63, 3.8) is 0 Å². The van der Waals surface area contributed by atoms with E-state index in [1.807, 2.05) is 12.1 Å². The summed E-state index contributed by atoms with van der Waals surface area (Å²) in [5.74, 6) is 1.31. The molecule has 1 N–H and O–H groups in total. The first-order valence-electron chi connectivity index (χ1n) is 10.1. The molecule has 3 aromatic rings. The van der Waals surface area contributed by atoms with E-state index < -0.39 is 9.84 Å². The number of carbonyl (C=O) groups is 1. The number of carbonyl (C=O) groups excluding carboxylic acids is 1. The zero-order chi connectivity index (χ0) is 21.0. The SMILES string of the molecule is O=C(CCS(=O)(=O)c1ccccc1)Nc1ccc(-c2nnc3n2CCCCC3)cc1. The first-order valence-corrected chi connectivity index (χ1v) is 11.8. The van der Waals surface area contributed by atoms with Gasteiger partial charge in [0.2, 0.25) is 5.91 Å². The number of benzene rings is 2. The van der Waals surface area contributed by atoms with Crippen molar-refractivity contribution in [1.29, 1.82) is 0 Å². The molecular formula is C22H24N4O3S. The van der Waals surface area contributed by atoms with Crippen molar-refractivity contribution in [3.05, 3.63) is 60.4 Å². The fourth-order valence-electron chi connectivity index (χ4n) is 3.60. The average Bonchev–Trinajstić information content (AvgIpc) is 3.01. The van der Waals surface area contributed by atoms with Crippen LogP contribution >= 0.6 is 0 Å². The number of fused-ring (bicyclic) bond motifs is 1. The Balaban J connectivity index is 1.38. The van der Waals surface area contributed by atoms with Gasteiger partial charge in [-0.05, 0) is 49.2 Å². The molecule has 2 aromatic carbocycles. The van der Waals surface area contributed by atoms with Gasteiger partial charge in [0.1, 0.15) is 5.82 Å². The molecule has 1 aliphatic heterocycles. The van der Waals surface area contributed by atoms with Gasteiger partial charge in [0, 0.05) is 30.6 Å². The monoisotopic (exact) mass is 424 g/mol. The number of anilines is 1. The Morgan fingerprint density at radius 3 is 2.50 bits per heavy atom. The quantitative estimate of drug-likeness (QED) is 0.654. The molecule has 0 radical (unpaired) electrons. The Hall–Kier alpha value is -3.00. The van der Waals surface area contributed by atoms with Crippen molar-refractivity contribution >= 4 is 21.4 Å². The molecule has 0 atom stereocenters. The summed E-state index contributed by atoms with van der Waals surface area (Å²) in [6, 6.07) is 15.6. The van der Waals surface area contributed by atoms with Crippen LogP contribution in [-0.2, 0) is 27.6 Å². The van der Waals surface area contributed by atoms with Crippen molar-refractivity contribution in [2.75, 3.05) is 11.1 Å². The van der Waals surface area contributed by atoms with Crippen LogP contribution in [0.15, 0.2) is 59.5 Å². The summed E-state index contributed by atoms with van der Waals surface area (Å²) >= 11 is 0. The van der Waals surface area contributed by atoms with E-state index in [-0.39, 0.29) is 23.0 Å². The summed E-state index contributed by atoms with van der Waals surface area (Å²) in [6.45, 7) is 0.923. The molecule has 0 fully saturated rings. The fourth-order valence-corrected chi connectivity index (χ4v) is 4.86. The molecule has 0 aliphatic carbocycles. The second kappa shape index (κ2) is 8.79. The van der Waals surface area contributed by atoms with Gasteiger partial charge < -0.3 is 9.88 Å². The summed E-state index contributed by atoms with van der Waals surface area (Å²) in [5, 5.41) is 11.4. The highest BCUT2D eigenvalue weighted by Crippen LogP contribution is 2.24. The van der Waals surface area contributed by atoms with Crippen molar-refractivity contribution in [2.24, 2.45) is 0 Å². The smallest absolute Gasteiger partial charge is 0.225 e. The number of hydrogen-bond donors (Lipinski definition) is 1. The second-order valence-electron chi connectivity index (χ2n) is 7.41. The van der Waals surface area contributed by atoms with Crippen molar-refractivity contribution < 1.29 is 13.2 Å². The number of amides is 1. The standard InChI is InChI=1S/C22H24N4O3S/c27-21(14-16-30(28,29)19-7-3-1-4-8-19)23-18-12-10-17(11-13-18)22-25-24-20-9-5-2-6-15-26(20)22/h1,3-4,7-8,10-13H,2,5-6,9,14-16H2,(H,23,27). The molecular weight excluding hydrogens is 400 g/mol. The molecule has 0 unspecified atom stereocenters. The van der Waals surface area contributed by atoms with Crippen LogP contribution in [0.2, 0.25) is 0 Å². The number of sulfone groups is 1. The highest BCUT2D eigenvalue weighted by atomic mass is 32.2. The van der Waals surface area contributed by atoms with Crippen LogP contribution < -0.4 is 5.32 Å². The van der Waals surface area contributed by atoms with Gasteiger partial charge in [-0.2, -0.15) is 0 Å². The van der Waals surface area contributed by atoms with E-state index in [1.54, 1.807) is 30.3 Å². The summed E-state index contributed by atoms with van der Waals surface area (Å²) in [5.41, 5.74) is 1.57. The number of hydrogen-bond acceptors (Lipinski definition) is 5. The first-order chi connectivity index (χ1) is 14.5. The molecule has 4 rings (SSSR count). The maximum atomic E-state index is 12.3. The van der Waals surface area contributed by atoms with Crippen molar-refractivity contribution in [1.82, 2.24) is 14.8 Å². The van der Waals surface area contributed by atoms with Gasteiger partial charge in [-0.1, -0.05) is 24.6 Å². The van der Waals surface area contributed by atoms with Gasteiger partial charge in [-0.15, -0.1) is 10.2 Å². The maximum absolute atomic E-state index is 12.3. The minimum atomic E-state index is -3.47. The van der Waals surface area contributed by atoms with E-state index in [9.17, 15) is 13.2 Å². The lowest BCUT2D eigenvalue weighted by atomic mass is 10.2. The lowest BCUT2D eigenvalue weighted by molar-refractivity contribution is -0.115. The van der Waals surface area contributed by atoms with E-state index in [0.717, 1.165) is 43.0 Å². The van der Waals surface area contributed by atoms with Crippen molar-refractivity contribution in [3.8, 4) is 11.4 Å². The fraction of sp³-hybridized carbons (Fsp3) is 0.318. The highest BCUT2D eigenvalue weighted by Gasteiger charge is 2.17. The molecule has 8 heteroatoms. The Morgan fingerprint density at radius 1 is 0.967 bits per heavy atom. The number of nitrogens with zero attached hydrogens (tertiary/aromatic N) is 3.